The zero-order chi connectivity index (χ0) is 19.3. The van der Waals surface area contributed by atoms with E-state index in [1.54, 1.807) is 0 Å². The number of nitrogens with zero attached hydrogens (tertiary/aromatic N) is 2. The number of amides is 2. The van der Waals surface area contributed by atoms with Gasteiger partial charge in [0.05, 0.1) is 0 Å². The van der Waals surface area contributed by atoms with Gasteiger partial charge in [0.2, 0.25) is 0 Å². The summed E-state index contributed by atoms with van der Waals surface area (Å²) in [5.74, 6) is 2.55. The third-order valence-corrected chi connectivity index (χ3v) is 8.22. The second kappa shape index (κ2) is 7.37. The van der Waals surface area contributed by atoms with Crippen LogP contribution in [-0.2, 0) is 6.54 Å². The van der Waals surface area contributed by atoms with Crippen molar-refractivity contribution in [2.75, 3.05) is 26.2 Å². The van der Waals surface area contributed by atoms with Crippen molar-refractivity contribution in [3.63, 3.8) is 0 Å². The lowest BCUT2D eigenvalue weighted by Crippen LogP contribution is -2.63. The van der Waals surface area contributed by atoms with E-state index in [0.29, 0.717) is 0 Å². The van der Waals surface area contributed by atoms with Crippen LogP contribution in [0.3, 0.4) is 0 Å². The van der Waals surface area contributed by atoms with Crippen molar-refractivity contribution in [3.8, 4) is 0 Å². The molecule has 4 bridgehead atoms. The number of piperazine rings is 1. The van der Waals surface area contributed by atoms with Gasteiger partial charge in [-0.1, -0.05) is 29.3 Å². The average molecular weight is 422 g/mol. The predicted molar refractivity (Wildman–Crippen MR) is 113 cm³/mol. The monoisotopic (exact) mass is 421 g/mol. The molecule has 1 aromatic carbocycles. The summed E-state index contributed by atoms with van der Waals surface area (Å²) in [6, 6.07) is 5.80. The van der Waals surface area contributed by atoms with Crippen LogP contribution in [0, 0.1) is 17.8 Å². The fraction of sp³-hybridized carbons (Fsp3) is 0.682. The van der Waals surface area contributed by atoms with Crippen LogP contribution in [0.15, 0.2) is 18.2 Å². The molecule has 0 atom stereocenters. The third kappa shape index (κ3) is 3.64. The summed E-state index contributed by atoms with van der Waals surface area (Å²) in [4.78, 5) is 17.3. The zero-order valence-corrected chi connectivity index (χ0v) is 17.8. The van der Waals surface area contributed by atoms with Crippen LogP contribution in [0.25, 0.3) is 0 Å². The number of rotatable bonds is 3. The summed E-state index contributed by atoms with van der Waals surface area (Å²) in [5, 5.41) is 4.94. The van der Waals surface area contributed by atoms with Crippen LogP contribution in [-0.4, -0.2) is 47.5 Å². The Bertz CT molecular complexity index is 705. The van der Waals surface area contributed by atoms with Gasteiger partial charge in [-0.2, -0.15) is 0 Å². The van der Waals surface area contributed by atoms with Gasteiger partial charge in [0, 0.05) is 53.9 Å². The normalized spacial score (nSPS) is 34.6. The Balaban J connectivity index is 1.17. The van der Waals surface area contributed by atoms with E-state index in [2.05, 4.69) is 10.2 Å². The van der Waals surface area contributed by atoms with Gasteiger partial charge in [0.25, 0.3) is 0 Å². The fourth-order valence-corrected chi connectivity index (χ4v) is 7.10. The van der Waals surface area contributed by atoms with Crippen LogP contribution in [0.1, 0.15) is 44.1 Å². The Hall–Kier alpha value is -0.970. The Morgan fingerprint density at radius 2 is 1.50 bits per heavy atom. The summed E-state index contributed by atoms with van der Waals surface area (Å²) < 4.78 is 0. The molecular formula is C22H29Cl2N3O. The first-order valence-electron chi connectivity index (χ1n) is 10.7. The van der Waals surface area contributed by atoms with E-state index < -0.39 is 0 Å². The Labute approximate surface area is 177 Å². The molecule has 4 aliphatic carbocycles. The van der Waals surface area contributed by atoms with E-state index in [9.17, 15) is 4.79 Å². The molecule has 0 aromatic heterocycles. The minimum Gasteiger partial charge on any atom is -0.333 e. The minimum atomic E-state index is 0.0913. The van der Waals surface area contributed by atoms with Gasteiger partial charge in [-0.05, 0) is 68.4 Å². The largest absolute Gasteiger partial charge is 0.333 e. The zero-order valence-electron chi connectivity index (χ0n) is 16.3. The first kappa shape index (κ1) is 19.0. The quantitative estimate of drug-likeness (QED) is 0.761. The maximum atomic E-state index is 13.0. The van der Waals surface area contributed by atoms with E-state index in [4.69, 9.17) is 23.2 Å². The first-order chi connectivity index (χ1) is 13.5. The molecule has 2 amide bonds. The number of carbonyl (C=O) groups excluding carboxylic acids is 1. The van der Waals surface area contributed by atoms with Crippen LogP contribution in [0.4, 0.5) is 4.79 Å². The number of urea groups is 1. The standard InChI is InChI=1S/C22H29Cl2N3O/c23-19-2-1-3-20(24)18(19)14-26-4-6-27(7-5-26)21(28)25-22-11-15-8-16(12-22)10-17(9-15)13-22/h1-3,15-17H,4-14H2,(H,25,28). The highest BCUT2D eigenvalue weighted by atomic mass is 35.5. The molecule has 5 fully saturated rings. The number of benzene rings is 1. The smallest absolute Gasteiger partial charge is 0.317 e. The van der Waals surface area contributed by atoms with Gasteiger partial charge >= 0.3 is 6.03 Å². The van der Waals surface area contributed by atoms with Gasteiger partial charge in [-0.15, -0.1) is 0 Å². The van der Waals surface area contributed by atoms with Gasteiger partial charge < -0.3 is 10.2 Å². The summed E-state index contributed by atoms with van der Waals surface area (Å²) in [7, 11) is 0. The van der Waals surface area contributed by atoms with Crippen LogP contribution in [0.2, 0.25) is 10.0 Å². The van der Waals surface area contributed by atoms with E-state index in [0.717, 1.165) is 66.1 Å². The molecule has 1 aromatic rings. The summed E-state index contributed by atoms with van der Waals surface area (Å²) >= 11 is 12.6. The Morgan fingerprint density at radius 3 is 2.04 bits per heavy atom. The molecule has 4 saturated carbocycles. The topological polar surface area (TPSA) is 35.6 Å². The lowest BCUT2D eigenvalue weighted by molar-refractivity contribution is -0.0165. The maximum Gasteiger partial charge on any atom is 0.317 e. The predicted octanol–water partition coefficient (Wildman–Crippen LogP) is 4.79. The Morgan fingerprint density at radius 1 is 0.964 bits per heavy atom. The Kier molecular flexibility index (Phi) is 5.01. The van der Waals surface area contributed by atoms with Crippen molar-refractivity contribution in [1.82, 2.24) is 15.1 Å². The molecule has 6 rings (SSSR count). The molecule has 1 aliphatic heterocycles. The molecule has 1 heterocycles. The van der Waals surface area contributed by atoms with Gasteiger partial charge in [-0.3, -0.25) is 4.90 Å². The molecule has 152 valence electrons. The van der Waals surface area contributed by atoms with E-state index in [1.165, 1.54) is 38.5 Å². The van der Waals surface area contributed by atoms with Gasteiger partial charge in [0.15, 0.2) is 0 Å². The first-order valence-corrected chi connectivity index (χ1v) is 11.5. The van der Waals surface area contributed by atoms with Crippen LogP contribution < -0.4 is 5.32 Å². The summed E-state index contributed by atoms with van der Waals surface area (Å²) in [5.41, 5.74) is 1.07. The number of carbonyl (C=O) groups is 1. The molecule has 5 aliphatic rings. The summed E-state index contributed by atoms with van der Waals surface area (Å²) in [6.07, 6.45) is 7.82. The molecule has 6 heteroatoms. The molecular weight excluding hydrogens is 393 g/mol. The number of halogens is 2. The molecule has 0 radical (unpaired) electrons. The van der Waals surface area contributed by atoms with Gasteiger partial charge in [0.1, 0.15) is 0 Å². The minimum absolute atomic E-state index is 0.0913. The number of nitrogens with one attached hydrogen (secondary N) is 1. The molecule has 1 saturated heterocycles. The number of hydrogen-bond acceptors (Lipinski definition) is 2. The second-order valence-corrected chi connectivity index (χ2v) is 10.4. The van der Waals surface area contributed by atoms with Crippen LogP contribution in [0.5, 0.6) is 0 Å². The maximum absolute atomic E-state index is 13.0. The molecule has 0 spiro atoms. The number of hydrogen-bond donors (Lipinski definition) is 1. The third-order valence-electron chi connectivity index (χ3n) is 7.51. The van der Waals surface area contributed by atoms with Crippen molar-refractivity contribution in [1.29, 1.82) is 0 Å². The van der Waals surface area contributed by atoms with E-state index >= 15 is 0 Å². The lowest BCUT2D eigenvalue weighted by Gasteiger charge is -2.57. The summed E-state index contributed by atoms with van der Waals surface area (Å²) in [6.45, 7) is 3.98. The van der Waals surface area contributed by atoms with Crippen molar-refractivity contribution in [2.45, 2.75) is 50.6 Å². The highest BCUT2D eigenvalue weighted by molar-refractivity contribution is 6.35. The highest BCUT2D eigenvalue weighted by Gasteiger charge is 2.51. The van der Waals surface area contributed by atoms with Crippen molar-refractivity contribution in [3.05, 3.63) is 33.8 Å². The van der Waals surface area contributed by atoms with Crippen molar-refractivity contribution in [2.24, 2.45) is 17.8 Å². The second-order valence-electron chi connectivity index (χ2n) is 9.59. The molecule has 0 unspecified atom stereocenters. The van der Waals surface area contributed by atoms with Crippen molar-refractivity contribution < 1.29 is 4.79 Å². The average Bonchev–Trinajstić information content (AvgIpc) is 2.64. The highest BCUT2D eigenvalue weighted by Crippen LogP contribution is 2.55. The molecule has 4 nitrogen and oxygen atoms in total. The fourth-order valence-electron chi connectivity index (χ4n) is 6.59. The molecule has 1 N–H and O–H groups in total. The van der Waals surface area contributed by atoms with E-state index in [-0.39, 0.29) is 11.6 Å². The SMILES string of the molecule is O=C(NC12CC3CC(CC(C3)C1)C2)N1CCN(Cc2c(Cl)cccc2Cl)CC1. The molecule has 28 heavy (non-hydrogen) atoms. The van der Waals surface area contributed by atoms with Crippen molar-refractivity contribution >= 4 is 29.2 Å². The van der Waals surface area contributed by atoms with Crippen LogP contribution >= 0.6 is 23.2 Å². The van der Waals surface area contributed by atoms with E-state index in [1.807, 2.05) is 23.1 Å². The lowest BCUT2D eigenvalue weighted by atomic mass is 9.53. The van der Waals surface area contributed by atoms with Gasteiger partial charge in [-0.25, -0.2) is 4.79 Å².